The molecule has 3 N–H and O–H groups in total. The quantitative estimate of drug-likeness (QED) is 0.773. The average Bonchev–Trinajstić information content (AvgIpc) is 2.62. The van der Waals surface area contributed by atoms with E-state index in [1.165, 1.54) is 0 Å². The van der Waals surface area contributed by atoms with E-state index >= 15 is 0 Å². The lowest BCUT2D eigenvalue weighted by molar-refractivity contribution is -0.138. The van der Waals surface area contributed by atoms with Gasteiger partial charge >= 0.3 is 5.97 Å². The van der Waals surface area contributed by atoms with Crippen molar-refractivity contribution in [2.24, 2.45) is 5.73 Å². The van der Waals surface area contributed by atoms with Crippen LogP contribution in [0, 0.1) is 0 Å². The molecule has 0 radical (unpaired) electrons. The Kier molecular flexibility index (Phi) is 4.12. The molecule has 2 aromatic heterocycles. The predicted molar refractivity (Wildman–Crippen MR) is 87.5 cm³/mol. The number of nitrogens with two attached hydrogens (primary N) is 1. The van der Waals surface area contributed by atoms with Crippen LogP contribution >= 0.6 is 0 Å². The van der Waals surface area contributed by atoms with Gasteiger partial charge in [0.15, 0.2) is 0 Å². The van der Waals surface area contributed by atoms with Gasteiger partial charge < -0.3 is 10.8 Å². The largest absolute Gasteiger partial charge is 0.480 e. The monoisotopic (exact) mass is 305 g/mol. The summed E-state index contributed by atoms with van der Waals surface area (Å²) in [4.78, 5) is 19.6. The van der Waals surface area contributed by atoms with Crippen LogP contribution in [0.1, 0.15) is 11.6 Å². The van der Waals surface area contributed by atoms with Crippen LogP contribution in [-0.4, -0.2) is 21.0 Å². The molecule has 0 amide bonds. The van der Waals surface area contributed by atoms with Crippen LogP contribution in [0.4, 0.5) is 0 Å². The summed E-state index contributed by atoms with van der Waals surface area (Å²) < 4.78 is 0. The minimum absolute atomic E-state index is 0.570. The molecule has 2 heterocycles. The molecule has 0 aliphatic heterocycles. The summed E-state index contributed by atoms with van der Waals surface area (Å²) >= 11 is 0. The Bertz CT molecular complexity index is 817. The van der Waals surface area contributed by atoms with Gasteiger partial charge in [0.1, 0.15) is 6.04 Å². The van der Waals surface area contributed by atoms with Crippen molar-refractivity contribution in [1.82, 2.24) is 9.97 Å². The smallest absolute Gasteiger partial charge is 0.325 e. The van der Waals surface area contributed by atoms with Gasteiger partial charge in [-0.2, -0.15) is 0 Å². The van der Waals surface area contributed by atoms with E-state index in [1.807, 2.05) is 42.5 Å². The second-order valence-electron chi connectivity index (χ2n) is 5.08. The highest BCUT2D eigenvalue weighted by Gasteiger charge is 2.13. The lowest BCUT2D eigenvalue weighted by Crippen LogP contribution is -2.20. The number of rotatable bonds is 4. The molecule has 0 fully saturated rings. The van der Waals surface area contributed by atoms with E-state index in [9.17, 15) is 4.79 Å². The molecule has 1 atom stereocenters. The Morgan fingerprint density at radius 2 is 1.65 bits per heavy atom. The second kappa shape index (κ2) is 6.37. The topological polar surface area (TPSA) is 89.1 Å². The summed E-state index contributed by atoms with van der Waals surface area (Å²) in [6.07, 6.45) is 3.46. The molecule has 1 unspecified atom stereocenters. The SMILES string of the molecule is NC(C(=O)O)c1ccc(-c2ccnc(-c3ccccn3)c2)cc1. The number of hydrogen-bond donors (Lipinski definition) is 2. The van der Waals surface area contributed by atoms with E-state index in [-0.39, 0.29) is 0 Å². The van der Waals surface area contributed by atoms with Gasteiger partial charge in [-0.05, 0) is 41.0 Å². The molecule has 23 heavy (non-hydrogen) atoms. The normalized spacial score (nSPS) is 11.9. The average molecular weight is 305 g/mol. The van der Waals surface area contributed by atoms with Gasteiger partial charge in [-0.25, -0.2) is 0 Å². The summed E-state index contributed by atoms with van der Waals surface area (Å²) in [5, 5.41) is 8.94. The van der Waals surface area contributed by atoms with Gasteiger partial charge in [-0.3, -0.25) is 14.8 Å². The van der Waals surface area contributed by atoms with Crippen LogP contribution in [0.3, 0.4) is 0 Å². The van der Waals surface area contributed by atoms with Crippen molar-refractivity contribution in [2.45, 2.75) is 6.04 Å². The van der Waals surface area contributed by atoms with Crippen molar-refractivity contribution in [3.05, 3.63) is 72.6 Å². The number of carbonyl (C=O) groups is 1. The fourth-order valence-electron chi connectivity index (χ4n) is 2.29. The molecule has 0 spiro atoms. The van der Waals surface area contributed by atoms with Gasteiger partial charge in [0.2, 0.25) is 0 Å². The molecule has 0 saturated heterocycles. The standard InChI is InChI=1S/C18H15N3O2/c19-17(18(22)23)13-6-4-12(5-7-13)14-8-10-21-16(11-14)15-3-1-2-9-20-15/h1-11,17H,19H2,(H,22,23). The van der Waals surface area contributed by atoms with Crippen LogP contribution in [0.25, 0.3) is 22.5 Å². The highest BCUT2D eigenvalue weighted by Crippen LogP contribution is 2.24. The van der Waals surface area contributed by atoms with Crippen molar-refractivity contribution in [1.29, 1.82) is 0 Å². The van der Waals surface area contributed by atoms with Crippen LogP contribution in [0.15, 0.2) is 67.0 Å². The number of pyridine rings is 2. The third-order valence-electron chi connectivity index (χ3n) is 3.56. The fourth-order valence-corrected chi connectivity index (χ4v) is 2.29. The molecule has 3 rings (SSSR count). The van der Waals surface area contributed by atoms with Gasteiger partial charge in [0, 0.05) is 12.4 Å². The molecular formula is C18H15N3O2. The number of nitrogens with zero attached hydrogens (tertiary/aromatic N) is 2. The number of carboxylic acid groups (broad SMARTS) is 1. The van der Waals surface area contributed by atoms with Gasteiger partial charge in [0.25, 0.3) is 0 Å². The molecule has 5 heteroatoms. The zero-order valence-corrected chi connectivity index (χ0v) is 12.3. The third-order valence-corrected chi connectivity index (χ3v) is 3.56. The summed E-state index contributed by atoms with van der Waals surface area (Å²) in [5.74, 6) is -1.04. The molecule has 3 aromatic rings. The molecular weight excluding hydrogens is 290 g/mol. The van der Waals surface area contributed by atoms with Gasteiger partial charge in [-0.1, -0.05) is 30.3 Å². The van der Waals surface area contributed by atoms with E-state index in [4.69, 9.17) is 10.8 Å². The lowest BCUT2D eigenvalue weighted by Gasteiger charge is -2.09. The Balaban J connectivity index is 1.92. The molecule has 0 saturated carbocycles. The maximum atomic E-state index is 10.9. The lowest BCUT2D eigenvalue weighted by atomic mass is 10.0. The number of carboxylic acids is 1. The summed E-state index contributed by atoms with van der Waals surface area (Å²) in [5.41, 5.74) is 9.72. The maximum Gasteiger partial charge on any atom is 0.325 e. The highest BCUT2D eigenvalue weighted by atomic mass is 16.4. The first-order chi connectivity index (χ1) is 11.1. The van der Waals surface area contributed by atoms with Gasteiger partial charge in [0.05, 0.1) is 11.4 Å². The number of benzene rings is 1. The van der Waals surface area contributed by atoms with Crippen molar-refractivity contribution < 1.29 is 9.90 Å². The zero-order valence-electron chi connectivity index (χ0n) is 12.3. The van der Waals surface area contributed by atoms with E-state index in [0.717, 1.165) is 22.5 Å². The third kappa shape index (κ3) is 3.25. The summed E-state index contributed by atoms with van der Waals surface area (Å²) in [6, 6.07) is 15.7. The van der Waals surface area contributed by atoms with Crippen molar-refractivity contribution in [2.75, 3.05) is 0 Å². The molecule has 0 aliphatic rings. The van der Waals surface area contributed by atoms with Crippen LogP contribution < -0.4 is 5.73 Å². The first kappa shape index (κ1) is 14.9. The van der Waals surface area contributed by atoms with Crippen LogP contribution in [0.5, 0.6) is 0 Å². The number of aromatic nitrogens is 2. The molecule has 0 bridgehead atoms. The zero-order chi connectivity index (χ0) is 16.2. The maximum absolute atomic E-state index is 10.9. The van der Waals surface area contributed by atoms with E-state index in [1.54, 1.807) is 24.5 Å². The number of hydrogen-bond acceptors (Lipinski definition) is 4. The second-order valence-corrected chi connectivity index (χ2v) is 5.08. The van der Waals surface area contributed by atoms with Crippen molar-refractivity contribution in [3.8, 4) is 22.5 Å². The molecule has 1 aromatic carbocycles. The fraction of sp³-hybridized carbons (Fsp3) is 0.0556. The molecule has 0 aliphatic carbocycles. The Morgan fingerprint density at radius 1 is 0.913 bits per heavy atom. The Labute approximate surface area is 133 Å². The minimum atomic E-state index is -1.04. The van der Waals surface area contributed by atoms with Gasteiger partial charge in [-0.15, -0.1) is 0 Å². The van der Waals surface area contributed by atoms with Crippen molar-refractivity contribution >= 4 is 5.97 Å². The first-order valence-corrected chi connectivity index (χ1v) is 7.11. The summed E-state index contributed by atoms with van der Waals surface area (Å²) in [6.45, 7) is 0. The Hall–Kier alpha value is -3.05. The minimum Gasteiger partial charge on any atom is -0.480 e. The van der Waals surface area contributed by atoms with Crippen LogP contribution in [0.2, 0.25) is 0 Å². The predicted octanol–water partition coefficient (Wildman–Crippen LogP) is 2.90. The number of aliphatic carboxylic acids is 1. The molecule has 114 valence electrons. The van der Waals surface area contributed by atoms with E-state index in [0.29, 0.717) is 5.56 Å². The Morgan fingerprint density at radius 3 is 2.30 bits per heavy atom. The van der Waals surface area contributed by atoms with Crippen LogP contribution in [-0.2, 0) is 4.79 Å². The van der Waals surface area contributed by atoms with E-state index in [2.05, 4.69) is 9.97 Å². The van der Waals surface area contributed by atoms with E-state index < -0.39 is 12.0 Å². The van der Waals surface area contributed by atoms with Crippen molar-refractivity contribution in [3.63, 3.8) is 0 Å². The molecule has 5 nitrogen and oxygen atoms in total. The summed E-state index contributed by atoms with van der Waals surface area (Å²) in [7, 11) is 0. The highest BCUT2D eigenvalue weighted by molar-refractivity contribution is 5.76. The first-order valence-electron chi connectivity index (χ1n) is 7.11.